The standard InChI is InChI=1S/C19H23N3O/c1-13(2)7-15-5-4-6-16(8-15)14(3)19(23)22-10-17-9-20-12-21-18(17)11-22/h4-6,8-9,12-14H,7,10-11H2,1-3H3. The summed E-state index contributed by atoms with van der Waals surface area (Å²) in [6.45, 7) is 7.62. The van der Waals surface area contributed by atoms with Crippen molar-refractivity contribution in [2.45, 2.75) is 46.2 Å². The Morgan fingerprint density at radius 1 is 1.26 bits per heavy atom. The minimum atomic E-state index is -0.135. The summed E-state index contributed by atoms with van der Waals surface area (Å²) in [5.41, 5.74) is 4.42. The maximum absolute atomic E-state index is 12.8. The maximum atomic E-state index is 12.8. The van der Waals surface area contributed by atoms with Gasteiger partial charge in [-0.2, -0.15) is 0 Å². The normalized spacial score (nSPS) is 14.9. The molecule has 1 aromatic carbocycles. The Labute approximate surface area is 137 Å². The summed E-state index contributed by atoms with van der Waals surface area (Å²) < 4.78 is 0. The summed E-state index contributed by atoms with van der Waals surface area (Å²) in [6.07, 6.45) is 4.40. The van der Waals surface area contributed by atoms with Crippen LogP contribution >= 0.6 is 0 Å². The molecule has 0 saturated heterocycles. The summed E-state index contributed by atoms with van der Waals surface area (Å²) in [4.78, 5) is 23.0. The van der Waals surface area contributed by atoms with E-state index in [1.807, 2.05) is 18.0 Å². The number of nitrogens with zero attached hydrogens (tertiary/aromatic N) is 3. The maximum Gasteiger partial charge on any atom is 0.230 e. The summed E-state index contributed by atoms with van der Waals surface area (Å²) in [6, 6.07) is 8.42. The van der Waals surface area contributed by atoms with Gasteiger partial charge in [0, 0.05) is 18.3 Å². The van der Waals surface area contributed by atoms with Gasteiger partial charge in [-0.15, -0.1) is 0 Å². The van der Waals surface area contributed by atoms with E-state index >= 15 is 0 Å². The Kier molecular flexibility index (Phi) is 4.42. The second kappa shape index (κ2) is 6.49. The van der Waals surface area contributed by atoms with Crippen molar-refractivity contribution in [3.05, 3.63) is 59.2 Å². The molecule has 4 nitrogen and oxygen atoms in total. The second-order valence-electron chi connectivity index (χ2n) is 6.75. The SMILES string of the molecule is CC(C)Cc1cccc(C(C)C(=O)N2Cc3cncnc3C2)c1. The first-order valence-corrected chi connectivity index (χ1v) is 8.20. The van der Waals surface area contributed by atoms with Crippen LogP contribution in [0.4, 0.5) is 0 Å². The zero-order chi connectivity index (χ0) is 16.4. The van der Waals surface area contributed by atoms with E-state index in [0.717, 1.165) is 23.2 Å². The molecule has 0 N–H and O–H groups in total. The van der Waals surface area contributed by atoms with E-state index in [0.29, 0.717) is 19.0 Å². The third-order valence-electron chi connectivity index (χ3n) is 4.36. The van der Waals surface area contributed by atoms with Crippen LogP contribution in [-0.4, -0.2) is 20.8 Å². The molecule has 0 saturated carbocycles. The number of amides is 1. The molecule has 3 rings (SSSR count). The summed E-state index contributed by atoms with van der Waals surface area (Å²) in [5.74, 6) is 0.636. The Hall–Kier alpha value is -2.23. The van der Waals surface area contributed by atoms with Crippen LogP contribution in [0.3, 0.4) is 0 Å². The highest BCUT2D eigenvalue weighted by atomic mass is 16.2. The average Bonchev–Trinajstić information content (AvgIpc) is 2.97. The van der Waals surface area contributed by atoms with Crippen LogP contribution in [0.15, 0.2) is 36.8 Å². The van der Waals surface area contributed by atoms with E-state index in [9.17, 15) is 4.79 Å². The van der Waals surface area contributed by atoms with Crippen molar-refractivity contribution >= 4 is 5.91 Å². The number of aromatic nitrogens is 2. The van der Waals surface area contributed by atoms with E-state index in [4.69, 9.17) is 0 Å². The van der Waals surface area contributed by atoms with E-state index in [1.165, 1.54) is 5.56 Å². The van der Waals surface area contributed by atoms with Gasteiger partial charge >= 0.3 is 0 Å². The van der Waals surface area contributed by atoms with Gasteiger partial charge in [0.05, 0.1) is 18.2 Å². The highest BCUT2D eigenvalue weighted by Crippen LogP contribution is 2.26. The molecule has 23 heavy (non-hydrogen) atoms. The molecule has 120 valence electrons. The molecule has 0 spiro atoms. The van der Waals surface area contributed by atoms with Gasteiger partial charge in [0.2, 0.25) is 5.91 Å². The Bertz CT molecular complexity index is 686. The van der Waals surface area contributed by atoms with Crippen LogP contribution in [-0.2, 0) is 24.3 Å². The van der Waals surface area contributed by atoms with Crippen molar-refractivity contribution in [1.82, 2.24) is 14.9 Å². The van der Waals surface area contributed by atoms with E-state index < -0.39 is 0 Å². The van der Waals surface area contributed by atoms with Crippen LogP contribution < -0.4 is 0 Å². The van der Waals surface area contributed by atoms with Crippen LogP contribution in [0, 0.1) is 5.92 Å². The molecular formula is C19H23N3O. The van der Waals surface area contributed by atoms with Crippen LogP contribution in [0.5, 0.6) is 0 Å². The van der Waals surface area contributed by atoms with Gasteiger partial charge in [0.1, 0.15) is 6.33 Å². The Balaban J connectivity index is 1.73. The first kappa shape index (κ1) is 15.7. The predicted octanol–water partition coefficient (Wildman–Crippen LogP) is 3.32. The number of rotatable bonds is 4. The number of benzene rings is 1. The molecule has 0 fully saturated rings. The molecule has 1 aliphatic rings. The first-order valence-electron chi connectivity index (χ1n) is 8.20. The zero-order valence-corrected chi connectivity index (χ0v) is 14.0. The molecule has 0 bridgehead atoms. The average molecular weight is 309 g/mol. The highest BCUT2D eigenvalue weighted by Gasteiger charge is 2.28. The monoisotopic (exact) mass is 309 g/mol. The molecule has 1 aliphatic heterocycles. The van der Waals surface area contributed by atoms with Crippen molar-refractivity contribution in [3.63, 3.8) is 0 Å². The van der Waals surface area contributed by atoms with Crippen molar-refractivity contribution in [2.75, 3.05) is 0 Å². The lowest BCUT2D eigenvalue weighted by molar-refractivity contribution is -0.133. The van der Waals surface area contributed by atoms with Crippen molar-refractivity contribution in [3.8, 4) is 0 Å². The summed E-state index contributed by atoms with van der Waals surface area (Å²) >= 11 is 0. The van der Waals surface area contributed by atoms with Crippen LogP contribution in [0.1, 0.15) is 49.1 Å². The van der Waals surface area contributed by atoms with E-state index in [2.05, 4.69) is 48.1 Å². The fourth-order valence-corrected chi connectivity index (χ4v) is 3.13. The van der Waals surface area contributed by atoms with Gasteiger partial charge in [-0.05, 0) is 30.4 Å². The highest BCUT2D eigenvalue weighted by molar-refractivity contribution is 5.83. The number of carbonyl (C=O) groups excluding carboxylic acids is 1. The largest absolute Gasteiger partial charge is 0.332 e. The molecule has 1 atom stereocenters. The van der Waals surface area contributed by atoms with E-state index in [1.54, 1.807) is 6.33 Å². The number of hydrogen-bond donors (Lipinski definition) is 0. The fourth-order valence-electron chi connectivity index (χ4n) is 3.13. The van der Waals surface area contributed by atoms with Gasteiger partial charge < -0.3 is 4.90 Å². The number of fused-ring (bicyclic) bond motifs is 1. The predicted molar refractivity (Wildman–Crippen MR) is 89.7 cm³/mol. The van der Waals surface area contributed by atoms with Crippen molar-refractivity contribution in [1.29, 1.82) is 0 Å². The van der Waals surface area contributed by atoms with Gasteiger partial charge in [-0.25, -0.2) is 9.97 Å². The van der Waals surface area contributed by atoms with Crippen molar-refractivity contribution < 1.29 is 4.79 Å². The fraction of sp³-hybridized carbons (Fsp3) is 0.421. The van der Waals surface area contributed by atoms with Crippen molar-refractivity contribution in [2.24, 2.45) is 5.92 Å². The van der Waals surface area contributed by atoms with Crippen LogP contribution in [0.25, 0.3) is 0 Å². The van der Waals surface area contributed by atoms with Crippen LogP contribution in [0.2, 0.25) is 0 Å². The van der Waals surface area contributed by atoms with Gasteiger partial charge in [-0.1, -0.05) is 38.1 Å². The third-order valence-corrected chi connectivity index (χ3v) is 4.36. The van der Waals surface area contributed by atoms with Gasteiger partial charge in [0.15, 0.2) is 0 Å². The van der Waals surface area contributed by atoms with Gasteiger partial charge in [0.25, 0.3) is 0 Å². The lowest BCUT2D eigenvalue weighted by atomic mass is 9.94. The quantitative estimate of drug-likeness (QED) is 0.870. The Morgan fingerprint density at radius 2 is 2.09 bits per heavy atom. The minimum Gasteiger partial charge on any atom is -0.332 e. The Morgan fingerprint density at radius 3 is 2.83 bits per heavy atom. The smallest absolute Gasteiger partial charge is 0.230 e. The third kappa shape index (κ3) is 3.41. The minimum absolute atomic E-state index is 0.135. The summed E-state index contributed by atoms with van der Waals surface area (Å²) in [7, 11) is 0. The molecular weight excluding hydrogens is 286 g/mol. The molecule has 4 heteroatoms. The lowest BCUT2D eigenvalue weighted by Gasteiger charge is -2.21. The second-order valence-corrected chi connectivity index (χ2v) is 6.75. The lowest BCUT2D eigenvalue weighted by Crippen LogP contribution is -2.29. The zero-order valence-electron chi connectivity index (χ0n) is 14.0. The molecule has 1 amide bonds. The molecule has 0 aliphatic carbocycles. The van der Waals surface area contributed by atoms with Gasteiger partial charge in [-0.3, -0.25) is 4.79 Å². The number of carbonyl (C=O) groups is 1. The molecule has 2 aromatic rings. The summed E-state index contributed by atoms with van der Waals surface area (Å²) in [5, 5.41) is 0. The molecule has 0 radical (unpaired) electrons. The molecule has 1 unspecified atom stereocenters. The topological polar surface area (TPSA) is 46.1 Å². The first-order chi connectivity index (χ1) is 11.0. The molecule has 1 aromatic heterocycles. The number of hydrogen-bond acceptors (Lipinski definition) is 3. The van der Waals surface area contributed by atoms with E-state index in [-0.39, 0.29) is 11.8 Å². The molecule has 2 heterocycles.